The van der Waals surface area contributed by atoms with Crippen molar-refractivity contribution in [2.24, 2.45) is 5.92 Å². The zero-order valence-electron chi connectivity index (χ0n) is 12.9. The summed E-state index contributed by atoms with van der Waals surface area (Å²) in [6.45, 7) is 8.62. The molecule has 2 aromatic rings. The first kappa shape index (κ1) is 16.7. The number of hydrogen-bond donors (Lipinski definition) is 1. The summed E-state index contributed by atoms with van der Waals surface area (Å²) in [7, 11) is 0. The molecule has 0 saturated carbocycles. The summed E-state index contributed by atoms with van der Waals surface area (Å²) >= 11 is 5.39. The fraction of sp³-hybridized carbons (Fsp3) is 0.471. The van der Waals surface area contributed by atoms with Crippen molar-refractivity contribution in [3.05, 3.63) is 50.4 Å². The van der Waals surface area contributed by atoms with Crippen molar-refractivity contribution in [3.63, 3.8) is 0 Å². The van der Waals surface area contributed by atoms with Crippen LogP contribution in [0.15, 0.2) is 34.9 Å². The minimum atomic E-state index is 0.487. The van der Waals surface area contributed by atoms with Gasteiger partial charge in [0.15, 0.2) is 0 Å². The van der Waals surface area contributed by atoms with E-state index in [0.29, 0.717) is 11.8 Å². The predicted octanol–water partition coefficient (Wildman–Crippen LogP) is 4.79. The maximum absolute atomic E-state index is 4.38. The maximum atomic E-state index is 4.38. The Bertz CT molecular complexity index is 565. The molecular weight excluding hydrogens is 344 g/mol. The van der Waals surface area contributed by atoms with Crippen LogP contribution in [0.5, 0.6) is 0 Å². The van der Waals surface area contributed by atoms with Crippen LogP contribution in [0.4, 0.5) is 0 Å². The van der Waals surface area contributed by atoms with Crippen LogP contribution in [0.2, 0.25) is 0 Å². The lowest BCUT2D eigenvalue weighted by molar-refractivity contribution is 0.515. The van der Waals surface area contributed by atoms with Crippen molar-refractivity contribution < 1.29 is 0 Å². The van der Waals surface area contributed by atoms with Gasteiger partial charge in [0, 0.05) is 28.0 Å². The Morgan fingerprint density at radius 2 is 2.10 bits per heavy atom. The highest BCUT2D eigenvalue weighted by Gasteiger charge is 2.14. The van der Waals surface area contributed by atoms with Crippen LogP contribution in [0.25, 0.3) is 0 Å². The highest BCUT2D eigenvalue weighted by Crippen LogP contribution is 2.25. The van der Waals surface area contributed by atoms with Gasteiger partial charge in [-0.15, -0.1) is 11.3 Å². The quantitative estimate of drug-likeness (QED) is 0.761. The Labute approximate surface area is 140 Å². The molecule has 0 radical (unpaired) electrons. The minimum absolute atomic E-state index is 0.487. The molecule has 0 aliphatic heterocycles. The fourth-order valence-corrected chi connectivity index (χ4v) is 3.65. The van der Waals surface area contributed by atoms with Crippen molar-refractivity contribution >= 4 is 27.3 Å². The summed E-state index contributed by atoms with van der Waals surface area (Å²) in [5, 5.41) is 4.75. The van der Waals surface area contributed by atoms with Crippen molar-refractivity contribution in [1.29, 1.82) is 0 Å². The van der Waals surface area contributed by atoms with Crippen molar-refractivity contribution in [2.45, 2.75) is 33.1 Å². The number of hydrogen-bond acceptors (Lipinski definition) is 3. The number of nitrogens with one attached hydrogen (secondary N) is 1. The highest BCUT2D eigenvalue weighted by atomic mass is 79.9. The lowest BCUT2D eigenvalue weighted by atomic mass is 9.95. The predicted molar refractivity (Wildman–Crippen MR) is 95.1 cm³/mol. The van der Waals surface area contributed by atoms with Gasteiger partial charge < -0.3 is 5.32 Å². The van der Waals surface area contributed by atoms with Gasteiger partial charge in [-0.1, -0.05) is 41.9 Å². The van der Waals surface area contributed by atoms with Gasteiger partial charge in [0.1, 0.15) is 0 Å². The lowest BCUT2D eigenvalue weighted by Crippen LogP contribution is -2.26. The summed E-state index contributed by atoms with van der Waals surface area (Å²) in [5.41, 5.74) is 1.38. The number of aromatic nitrogens is 1. The Balaban J connectivity index is 2.09. The van der Waals surface area contributed by atoms with Gasteiger partial charge in [-0.2, -0.15) is 0 Å². The molecule has 2 nitrogen and oxygen atoms in total. The fourth-order valence-electron chi connectivity index (χ4n) is 2.36. The normalized spacial score (nSPS) is 12.8. The highest BCUT2D eigenvalue weighted by molar-refractivity contribution is 9.10. The monoisotopic (exact) mass is 366 g/mol. The molecule has 4 heteroatoms. The van der Waals surface area contributed by atoms with Gasteiger partial charge in [-0.25, -0.2) is 4.98 Å². The Hall–Kier alpha value is -0.710. The van der Waals surface area contributed by atoms with Crippen LogP contribution >= 0.6 is 27.3 Å². The molecule has 1 N–H and O–H groups in total. The summed E-state index contributed by atoms with van der Waals surface area (Å²) in [4.78, 5) is 5.74. The van der Waals surface area contributed by atoms with E-state index in [0.717, 1.165) is 29.0 Å². The third-order valence-electron chi connectivity index (χ3n) is 3.38. The lowest BCUT2D eigenvalue weighted by Gasteiger charge is -2.18. The zero-order valence-corrected chi connectivity index (χ0v) is 15.3. The first-order chi connectivity index (χ1) is 10.0. The molecule has 114 valence electrons. The molecule has 1 aromatic heterocycles. The van der Waals surface area contributed by atoms with Crippen LogP contribution in [0.3, 0.4) is 0 Å². The number of thiazole rings is 1. The summed E-state index contributed by atoms with van der Waals surface area (Å²) in [6.07, 6.45) is 3.07. The van der Waals surface area contributed by atoms with Gasteiger partial charge >= 0.3 is 0 Å². The van der Waals surface area contributed by atoms with E-state index in [1.165, 1.54) is 10.4 Å². The van der Waals surface area contributed by atoms with Gasteiger partial charge in [0.25, 0.3) is 0 Å². The molecule has 0 spiro atoms. The maximum Gasteiger partial charge on any atom is 0.0896 e. The van der Waals surface area contributed by atoms with Gasteiger partial charge in [0.05, 0.1) is 5.01 Å². The van der Waals surface area contributed by atoms with Crippen molar-refractivity contribution in [2.75, 3.05) is 13.1 Å². The molecule has 0 amide bonds. The van der Waals surface area contributed by atoms with Crippen LogP contribution < -0.4 is 5.32 Å². The van der Waals surface area contributed by atoms with E-state index in [9.17, 15) is 0 Å². The minimum Gasteiger partial charge on any atom is -0.316 e. The van der Waals surface area contributed by atoms with Crippen molar-refractivity contribution in [3.8, 4) is 0 Å². The summed E-state index contributed by atoms with van der Waals surface area (Å²) < 4.78 is 1.15. The van der Waals surface area contributed by atoms with Crippen molar-refractivity contribution in [1.82, 2.24) is 10.3 Å². The molecule has 1 unspecified atom stereocenters. The van der Waals surface area contributed by atoms with Gasteiger partial charge in [-0.3, -0.25) is 0 Å². The third-order valence-corrected chi connectivity index (χ3v) is 4.81. The van der Waals surface area contributed by atoms with Crippen LogP contribution in [0.1, 0.15) is 35.2 Å². The second-order valence-corrected chi connectivity index (χ2v) is 8.09. The Morgan fingerprint density at radius 1 is 1.29 bits per heavy atom. The zero-order chi connectivity index (χ0) is 15.2. The van der Waals surface area contributed by atoms with Crippen LogP contribution in [0, 0.1) is 12.8 Å². The molecule has 0 aliphatic rings. The molecule has 0 saturated heterocycles. The molecule has 21 heavy (non-hydrogen) atoms. The van der Waals surface area contributed by atoms with Crippen LogP contribution in [-0.4, -0.2) is 18.1 Å². The molecule has 1 aromatic carbocycles. The smallest absolute Gasteiger partial charge is 0.0896 e. The van der Waals surface area contributed by atoms with Gasteiger partial charge in [0.2, 0.25) is 0 Å². The number of aryl methyl sites for hydroxylation is 1. The van der Waals surface area contributed by atoms with E-state index in [-0.39, 0.29) is 0 Å². The SMILES string of the molecule is Cc1ncc(CC(CNCC(C)C)c2cccc(Br)c2)s1. The number of benzene rings is 1. The second-order valence-electron chi connectivity index (χ2n) is 5.85. The Morgan fingerprint density at radius 3 is 2.71 bits per heavy atom. The number of rotatable bonds is 7. The summed E-state index contributed by atoms with van der Waals surface area (Å²) in [5.74, 6) is 1.17. The van der Waals surface area contributed by atoms with E-state index in [1.54, 1.807) is 11.3 Å². The van der Waals surface area contributed by atoms with E-state index in [4.69, 9.17) is 0 Å². The van der Waals surface area contributed by atoms with E-state index < -0.39 is 0 Å². The van der Waals surface area contributed by atoms with Crippen LogP contribution in [-0.2, 0) is 6.42 Å². The average Bonchev–Trinajstić information content (AvgIpc) is 2.83. The molecule has 1 heterocycles. The van der Waals surface area contributed by atoms with E-state index in [1.807, 2.05) is 6.20 Å². The largest absolute Gasteiger partial charge is 0.316 e. The van der Waals surface area contributed by atoms with E-state index in [2.05, 4.69) is 71.3 Å². The molecule has 0 aliphatic carbocycles. The third kappa shape index (κ3) is 5.53. The second kappa shape index (κ2) is 8.06. The Kier molecular flexibility index (Phi) is 6.40. The van der Waals surface area contributed by atoms with Gasteiger partial charge in [-0.05, 0) is 43.5 Å². The first-order valence-electron chi connectivity index (χ1n) is 7.42. The molecule has 2 rings (SSSR count). The number of nitrogens with zero attached hydrogens (tertiary/aromatic N) is 1. The molecule has 0 fully saturated rings. The molecule has 0 bridgehead atoms. The average molecular weight is 367 g/mol. The molecule has 1 atom stereocenters. The van der Waals surface area contributed by atoms with E-state index >= 15 is 0 Å². The number of halogens is 1. The summed E-state index contributed by atoms with van der Waals surface area (Å²) in [6, 6.07) is 8.65. The topological polar surface area (TPSA) is 24.9 Å². The standard InChI is InChI=1S/C17H23BrN2S/c1-12(2)9-19-10-15(8-17-11-20-13(3)21-17)14-5-4-6-16(18)7-14/h4-7,11-12,15,19H,8-10H2,1-3H3. The molecular formula is C17H23BrN2S. The first-order valence-corrected chi connectivity index (χ1v) is 9.03.